The number of benzene rings is 1. The summed E-state index contributed by atoms with van der Waals surface area (Å²) in [6.45, 7) is -0.0140. The van der Waals surface area contributed by atoms with E-state index >= 15 is 0 Å². The van der Waals surface area contributed by atoms with Crippen LogP contribution in [0.25, 0.3) is 0 Å². The van der Waals surface area contributed by atoms with Gasteiger partial charge >= 0.3 is 5.97 Å². The molecule has 2 N–H and O–H groups in total. The van der Waals surface area contributed by atoms with Gasteiger partial charge in [-0.3, -0.25) is 4.79 Å². The van der Waals surface area contributed by atoms with Gasteiger partial charge in [0.15, 0.2) is 0 Å². The summed E-state index contributed by atoms with van der Waals surface area (Å²) in [5.41, 5.74) is 0.206. The Bertz CT molecular complexity index is 514. The average Bonchev–Trinajstić information content (AvgIpc) is 2.69. The first-order valence-corrected chi connectivity index (χ1v) is 6.32. The number of aliphatic hydroxyl groups excluding tert-OH is 1. The molecule has 2 rings (SSSR count). The molecular weight excluding hydrogens is 293 g/mol. The molecule has 7 heteroatoms. The molecule has 1 saturated heterocycles. The second-order valence-electron chi connectivity index (χ2n) is 4.36. The molecule has 102 valence electrons. The average molecular weight is 304 g/mol. The van der Waals surface area contributed by atoms with Crippen molar-refractivity contribution in [2.24, 2.45) is 0 Å². The number of halogens is 2. The number of carboxylic acids is 1. The number of rotatable bonds is 2. The van der Waals surface area contributed by atoms with E-state index in [0.717, 1.165) is 4.90 Å². The van der Waals surface area contributed by atoms with Crippen LogP contribution in [0.4, 0.5) is 0 Å². The van der Waals surface area contributed by atoms with E-state index in [4.69, 9.17) is 28.3 Å². The summed E-state index contributed by atoms with van der Waals surface area (Å²) in [7, 11) is 0. The summed E-state index contributed by atoms with van der Waals surface area (Å²) in [5, 5.41) is 19.2. The van der Waals surface area contributed by atoms with Gasteiger partial charge in [-0.15, -0.1) is 0 Å². The van der Waals surface area contributed by atoms with Crippen molar-refractivity contribution < 1.29 is 19.8 Å². The molecule has 0 spiro atoms. The van der Waals surface area contributed by atoms with Crippen LogP contribution in [0, 0.1) is 0 Å². The van der Waals surface area contributed by atoms with Crippen molar-refractivity contribution in [3.63, 3.8) is 0 Å². The normalized spacial score (nSPS) is 22.6. The van der Waals surface area contributed by atoms with E-state index in [0.29, 0.717) is 10.0 Å². The molecule has 5 nitrogen and oxygen atoms in total. The maximum absolute atomic E-state index is 12.2. The number of carbonyl (C=O) groups is 2. The number of hydrogen-bond acceptors (Lipinski definition) is 3. The molecule has 0 radical (unpaired) electrons. The standard InChI is InChI=1S/C12H11Cl2NO4/c13-7-1-6(2-8(14)3-7)11(17)15-5-9(16)4-10(15)12(18)19/h1-3,9-10,16H,4-5H2,(H,18,19)/t9-,10-/m0/s1. The zero-order valence-electron chi connectivity index (χ0n) is 9.72. The van der Waals surface area contributed by atoms with Crippen LogP contribution in [0.2, 0.25) is 10.0 Å². The Hall–Kier alpha value is -1.30. The molecule has 1 aromatic rings. The maximum atomic E-state index is 12.2. The van der Waals surface area contributed by atoms with Crippen molar-refractivity contribution in [3.05, 3.63) is 33.8 Å². The molecule has 0 bridgehead atoms. The number of aliphatic hydroxyl groups is 1. The third kappa shape index (κ3) is 3.00. The van der Waals surface area contributed by atoms with E-state index in [1.165, 1.54) is 18.2 Å². The van der Waals surface area contributed by atoms with Gasteiger partial charge in [0.05, 0.1) is 6.10 Å². The zero-order valence-corrected chi connectivity index (χ0v) is 11.2. The van der Waals surface area contributed by atoms with Crippen LogP contribution in [0.5, 0.6) is 0 Å². The summed E-state index contributed by atoms with van der Waals surface area (Å²) >= 11 is 11.6. The van der Waals surface area contributed by atoms with Crippen LogP contribution in [-0.2, 0) is 4.79 Å². The highest BCUT2D eigenvalue weighted by Crippen LogP contribution is 2.24. The van der Waals surface area contributed by atoms with Crippen LogP contribution in [0.3, 0.4) is 0 Å². The monoisotopic (exact) mass is 303 g/mol. The van der Waals surface area contributed by atoms with Crippen molar-refractivity contribution in [3.8, 4) is 0 Å². The highest BCUT2D eigenvalue weighted by molar-refractivity contribution is 6.35. The fourth-order valence-corrected chi connectivity index (χ4v) is 2.64. The molecular formula is C12H11Cl2NO4. The molecule has 1 fully saturated rings. The predicted octanol–water partition coefficient (Wildman–Crippen LogP) is 1.65. The zero-order chi connectivity index (χ0) is 14.2. The number of likely N-dealkylation sites (tertiary alicyclic amines) is 1. The highest BCUT2D eigenvalue weighted by atomic mass is 35.5. The summed E-state index contributed by atoms with van der Waals surface area (Å²) in [5.74, 6) is -1.65. The van der Waals surface area contributed by atoms with Crippen molar-refractivity contribution in [2.45, 2.75) is 18.6 Å². The van der Waals surface area contributed by atoms with Crippen molar-refractivity contribution in [1.82, 2.24) is 4.90 Å². The lowest BCUT2D eigenvalue weighted by atomic mass is 10.1. The van der Waals surface area contributed by atoms with Gasteiger partial charge in [-0.2, -0.15) is 0 Å². The van der Waals surface area contributed by atoms with Gasteiger partial charge in [0, 0.05) is 28.6 Å². The number of aliphatic carboxylic acids is 1. The van der Waals surface area contributed by atoms with Gasteiger partial charge in [-0.25, -0.2) is 4.79 Å². The van der Waals surface area contributed by atoms with E-state index in [-0.39, 0.29) is 18.5 Å². The molecule has 1 aliphatic rings. The summed E-state index contributed by atoms with van der Waals surface area (Å²) < 4.78 is 0. The minimum atomic E-state index is -1.14. The first kappa shape index (κ1) is 14.1. The predicted molar refractivity (Wildman–Crippen MR) is 69.5 cm³/mol. The number of hydrogen-bond donors (Lipinski definition) is 2. The molecule has 0 unspecified atom stereocenters. The van der Waals surface area contributed by atoms with Crippen LogP contribution >= 0.6 is 23.2 Å². The fraction of sp³-hybridized carbons (Fsp3) is 0.333. The van der Waals surface area contributed by atoms with Crippen LogP contribution in [0.1, 0.15) is 16.8 Å². The quantitative estimate of drug-likeness (QED) is 0.871. The Morgan fingerprint density at radius 3 is 2.32 bits per heavy atom. The van der Waals surface area contributed by atoms with Crippen LogP contribution < -0.4 is 0 Å². The van der Waals surface area contributed by atoms with E-state index in [9.17, 15) is 14.7 Å². The second-order valence-corrected chi connectivity index (χ2v) is 5.23. The van der Waals surface area contributed by atoms with Gasteiger partial charge < -0.3 is 15.1 Å². The summed E-state index contributed by atoms with van der Waals surface area (Å²) in [6.07, 6.45) is -0.810. The third-order valence-electron chi connectivity index (χ3n) is 2.93. The SMILES string of the molecule is O=C(O)[C@@H]1C[C@H](O)CN1C(=O)c1cc(Cl)cc(Cl)c1. The molecule has 0 aliphatic carbocycles. The van der Waals surface area contributed by atoms with Gasteiger partial charge in [0.2, 0.25) is 0 Å². The molecule has 1 amide bonds. The van der Waals surface area contributed by atoms with Crippen LogP contribution in [-0.4, -0.2) is 45.7 Å². The van der Waals surface area contributed by atoms with E-state index in [2.05, 4.69) is 0 Å². The third-order valence-corrected chi connectivity index (χ3v) is 3.37. The lowest BCUT2D eigenvalue weighted by Crippen LogP contribution is -2.40. The van der Waals surface area contributed by atoms with E-state index < -0.39 is 24.0 Å². The maximum Gasteiger partial charge on any atom is 0.326 e. The van der Waals surface area contributed by atoms with Crippen molar-refractivity contribution >= 4 is 35.1 Å². The molecule has 1 heterocycles. The minimum absolute atomic E-state index is 0.0140. The van der Waals surface area contributed by atoms with Gasteiger partial charge in [0.1, 0.15) is 6.04 Å². The molecule has 0 saturated carbocycles. The Morgan fingerprint density at radius 1 is 1.21 bits per heavy atom. The molecule has 1 aromatic carbocycles. The minimum Gasteiger partial charge on any atom is -0.480 e. The lowest BCUT2D eigenvalue weighted by molar-refractivity contribution is -0.141. The molecule has 1 aliphatic heterocycles. The molecule has 19 heavy (non-hydrogen) atoms. The van der Waals surface area contributed by atoms with Gasteiger partial charge in [-0.1, -0.05) is 23.2 Å². The lowest BCUT2D eigenvalue weighted by Gasteiger charge is -2.21. The molecule has 0 aromatic heterocycles. The van der Waals surface area contributed by atoms with E-state index in [1.54, 1.807) is 0 Å². The van der Waals surface area contributed by atoms with Crippen molar-refractivity contribution in [2.75, 3.05) is 6.54 Å². The summed E-state index contributed by atoms with van der Waals surface area (Å²) in [4.78, 5) is 24.4. The van der Waals surface area contributed by atoms with Gasteiger partial charge in [0.25, 0.3) is 5.91 Å². The Labute approximate surface area is 119 Å². The Kier molecular flexibility index (Phi) is 3.99. The largest absolute Gasteiger partial charge is 0.480 e. The first-order valence-electron chi connectivity index (χ1n) is 5.56. The smallest absolute Gasteiger partial charge is 0.326 e. The Balaban J connectivity index is 2.30. The number of carboxylic acid groups (broad SMARTS) is 1. The number of β-amino-alcohol motifs (C(OH)–C–C–N with tert-alkyl or cyclic N) is 1. The number of carbonyl (C=O) groups excluding carboxylic acids is 1. The first-order chi connectivity index (χ1) is 8.88. The second kappa shape index (κ2) is 5.36. The highest BCUT2D eigenvalue weighted by Gasteiger charge is 2.39. The topological polar surface area (TPSA) is 77.8 Å². The fourth-order valence-electron chi connectivity index (χ4n) is 2.12. The Morgan fingerprint density at radius 2 is 1.79 bits per heavy atom. The number of amides is 1. The van der Waals surface area contributed by atoms with Crippen LogP contribution in [0.15, 0.2) is 18.2 Å². The summed E-state index contributed by atoms with van der Waals surface area (Å²) in [6, 6.07) is 3.28. The molecule has 2 atom stereocenters. The number of nitrogens with zero attached hydrogens (tertiary/aromatic N) is 1. The van der Waals surface area contributed by atoms with E-state index in [1.807, 2.05) is 0 Å². The van der Waals surface area contributed by atoms with Gasteiger partial charge in [-0.05, 0) is 18.2 Å². The van der Waals surface area contributed by atoms with Crippen molar-refractivity contribution in [1.29, 1.82) is 0 Å².